The number of hydrogen-bond acceptors (Lipinski definition) is 5. The van der Waals surface area contributed by atoms with E-state index in [9.17, 15) is 14.4 Å². The minimum absolute atomic E-state index is 0.0206. The lowest BCUT2D eigenvalue weighted by molar-refractivity contribution is -0.144. The quantitative estimate of drug-likeness (QED) is 0.456. The average Bonchev–Trinajstić information content (AvgIpc) is 3.32. The summed E-state index contributed by atoms with van der Waals surface area (Å²) >= 11 is 0. The van der Waals surface area contributed by atoms with Gasteiger partial charge < -0.3 is 20.1 Å². The smallest absolute Gasteiger partial charge is 0.338 e. The Labute approximate surface area is 143 Å². The van der Waals surface area contributed by atoms with Crippen LogP contribution in [0.4, 0.5) is 0 Å². The summed E-state index contributed by atoms with van der Waals surface area (Å²) in [6.07, 6.45) is -0.0931. The lowest BCUT2D eigenvalue weighted by atomic mass is 9.98. The van der Waals surface area contributed by atoms with Crippen molar-refractivity contribution in [3.05, 3.63) is 0 Å². The summed E-state index contributed by atoms with van der Waals surface area (Å²) in [6.45, 7) is 10.5. The predicted octanol–water partition coefficient (Wildman–Crippen LogP) is 1.01. The molecule has 0 radical (unpaired) electrons. The molecule has 0 aromatic rings. The van der Waals surface area contributed by atoms with E-state index in [2.05, 4.69) is 24.5 Å². The molecule has 2 amide bonds. The van der Waals surface area contributed by atoms with E-state index < -0.39 is 30.1 Å². The third-order valence-electron chi connectivity index (χ3n) is 4.08. The molecule has 0 bridgehead atoms. The first kappa shape index (κ1) is 20.4. The highest BCUT2D eigenvalue weighted by atomic mass is 16.6. The van der Waals surface area contributed by atoms with E-state index in [4.69, 9.17) is 9.47 Å². The van der Waals surface area contributed by atoms with Crippen LogP contribution >= 0.6 is 0 Å². The molecule has 0 unspecified atom stereocenters. The lowest BCUT2D eigenvalue weighted by Gasteiger charge is -2.23. The van der Waals surface area contributed by atoms with Crippen molar-refractivity contribution in [2.24, 2.45) is 11.8 Å². The van der Waals surface area contributed by atoms with Gasteiger partial charge in [0, 0.05) is 6.54 Å². The zero-order valence-electron chi connectivity index (χ0n) is 15.3. The molecule has 7 nitrogen and oxygen atoms in total. The molecule has 0 aromatic heterocycles. The first-order valence-electron chi connectivity index (χ1n) is 8.71. The second kappa shape index (κ2) is 9.61. The Morgan fingerprint density at radius 2 is 1.79 bits per heavy atom. The van der Waals surface area contributed by atoms with Crippen molar-refractivity contribution < 1.29 is 23.9 Å². The monoisotopic (exact) mass is 342 g/mol. The molecule has 2 N–H and O–H groups in total. The summed E-state index contributed by atoms with van der Waals surface area (Å²) in [5.41, 5.74) is 0. The SMILES string of the molecule is CCOC(=O)[C@H]1O[C@@H]1C(=O)N[C@H](C(=O)NCCC(C)C)[C@@H](C)CC. The zero-order chi connectivity index (χ0) is 18.3. The average molecular weight is 342 g/mol. The van der Waals surface area contributed by atoms with Crippen LogP contribution in [0.25, 0.3) is 0 Å². The molecule has 0 aromatic carbocycles. The largest absolute Gasteiger partial charge is 0.464 e. The standard InChI is InChI=1S/C17H30N2O5/c1-6-11(5)12(15(20)18-9-8-10(3)4)19-16(21)13-14(24-13)17(22)23-7-2/h10-14H,6-9H2,1-5H3,(H,18,20)(H,19,21)/t11-,12-,13-,14-/m0/s1. The van der Waals surface area contributed by atoms with Crippen molar-refractivity contribution in [3.63, 3.8) is 0 Å². The summed E-state index contributed by atoms with van der Waals surface area (Å²) < 4.78 is 9.90. The summed E-state index contributed by atoms with van der Waals surface area (Å²) in [6, 6.07) is -0.637. The summed E-state index contributed by atoms with van der Waals surface area (Å²) in [5.74, 6) is -0.719. The van der Waals surface area contributed by atoms with E-state index >= 15 is 0 Å². The van der Waals surface area contributed by atoms with Gasteiger partial charge in [-0.05, 0) is 25.2 Å². The molecule has 24 heavy (non-hydrogen) atoms. The molecule has 4 atom stereocenters. The molecule has 1 aliphatic heterocycles. The van der Waals surface area contributed by atoms with Crippen LogP contribution in [0.1, 0.15) is 47.5 Å². The molecule has 7 heteroatoms. The number of rotatable bonds is 10. The van der Waals surface area contributed by atoms with Gasteiger partial charge in [0.05, 0.1) is 6.61 Å². The molecule has 1 saturated heterocycles. The van der Waals surface area contributed by atoms with E-state index in [0.717, 1.165) is 12.8 Å². The maximum absolute atomic E-state index is 12.4. The number of esters is 1. The third-order valence-corrected chi connectivity index (χ3v) is 4.08. The fourth-order valence-electron chi connectivity index (χ4n) is 2.25. The van der Waals surface area contributed by atoms with E-state index in [0.29, 0.717) is 12.5 Å². The normalized spacial score (nSPS) is 21.8. The van der Waals surface area contributed by atoms with Crippen molar-refractivity contribution in [1.82, 2.24) is 10.6 Å². The third kappa shape index (κ3) is 6.11. The molecule has 0 spiro atoms. The van der Waals surface area contributed by atoms with Crippen molar-refractivity contribution in [2.75, 3.05) is 13.2 Å². The highest BCUT2D eigenvalue weighted by Gasteiger charge is 2.52. The Kier molecular flexibility index (Phi) is 8.18. The molecule has 1 rings (SSSR count). The first-order chi connectivity index (χ1) is 11.3. The molecule has 0 aliphatic carbocycles. The van der Waals surface area contributed by atoms with E-state index in [-0.39, 0.29) is 18.4 Å². The van der Waals surface area contributed by atoms with Gasteiger partial charge in [0.15, 0.2) is 12.2 Å². The summed E-state index contributed by atoms with van der Waals surface area (Å²) in [5, 5.41) is 5.57. The van der Waals surface area contributed by atoms with Gasteiger partial charge in [-0.25, -0.2) is 4.79 Å². The van der Waals surface area contributed by atoms with Crippen LogP contribution in [-0.4, -0.2) is 49.2 Å². The van der Waals surface area contributed by atoms with Gasteiger partial charge >= 0.3 is 5.97 Å². The van der Waals surface area contributed by atoms with Crippen LogP contribution in [0.15, 0.2) is 0 Å². The number of carbonyl (C=O) groups is 3. The lowest BCUT2D eigenvalue weighted by Crippen LogP contribution is -2.51. The number of nitrogens with one attached hydrogen (secondary N) is 2. The van der Waals surface area contributed by atoms with Crippen LogP contribution in [0, 0.1) is 11.8 Å². The summed E-state index contributed by atoms with van der Waals surface area (Å²) in [4.78, 5) is 36.1. The van der Waals surface area contributed by atoms with Gasteiger partial charge in [0.2, 0.25) is 5.91 Å². The van der Waals surface area contributed by atoms with Gasteiger partial charge in [0.1, 0.15) is 6.04 Å². The van der Waals surface area contributed by atoms with E-state index in [1.165, 1.54) is 0 Å². The number of carbonyl (C=O) groups excluding carboxylic acids is 3. The van der Waals surface area contributed by atoms with Crippen LogP contribution in [-0.2, 0) is 23.9 Å². The van der Waals surface area contributed by atoms with Gasteiger partial charge in [-0.1, -0.05) is 34.1 Å². The second-order valence-corrected chi connectivity index (χ2v) is 6.57. The number of amides is 2. The maximum Gasteiger partial charge on any atom is 0.338 e. The zero-order valence-corrected chi connectivity index (χ0v) is 15.3. The Hall–Kier alpha value is -1.63. The highest BCUT2D eigenvalue weighted by Crippen LogP contribution is 2.24. The molecule has 0 saturated carbocycles. The Bertz CT molecular complexity index is 452. The van der Waals surface area contributed by atoms with Gasteiger partial charge in [-0.15, -0.1) is 0 Å². The van der Waals surface area contributed by atoms with Crippen molar-refractivity contribution in [3.8, 4) is 0 Å². The van der Waals surface area contributed by atoms with Gasteiger partial charge in [-0.2, -0.15) is 0 Å². The van der Waals surface area contributed by atoms with Crippen LogP contribution in [0.3, 0.4) is 0 Å². The van der Waals surface area contributed by atoms with Crippen LogP contribution in [0.2, 0.25) is 0 Å². The fraction of sp³-hybridized carbons (Fsp3) is 0.824. The van der Waals surface area contributed by atoms with Crippen molar-refractivity contribution >= 4 is 17.8 Å². The Morgan fingerprint density at radius 1 is 1.12 bits per heavy atom. The van der Waals surface area contributed by atoms with Crippen molar-refractivity contribution in [2.45, 2.75) is 65.7 Å². The topological polar surface area (TPSA) is 97.0 Å². The maximum atomic E-state index is 12.4. The fourth-order valence-corrected chi connectivity index (χ4v) is 2.25. The number of epoxide rings is 1. The van der Waals surface area contributed by atoms with E-state index in [1.807, 2.05) is 13.8 Å². The number of hydrogen-bond donors (Lipinski definition) is 2. The molecule has 1 heterocycles. The van der Waals surface area contributed by atoms with E-state index in [1.54, 1.807) is 6.92 Å². The second-order valence-electron chi connectivity index (χ2n) is 6.57. The summed E-state index contributed by atoms with van der Waals surface area (Å²) in [7, 11) is 0. The first-order valence-corrected chi connectivity index (χ1v) is 8.71. The molecular formula is C17H30N2O5. The minimum Gasteiger partial charge on any atom is -0.464 e. The Balaban J connectivity index is 2.55. The van der Waals surface area contributed by atoms with Crippen molar-refractivity contribution in [1.29, 1.82) is 0 Å². The number of ether oxygens (including phenoxy) is 2. The molecule has 1 fully saturated rings. The predicted molar refractivity (Wildman–Crippen MR) is 89.1 cm³/mol. The van der Waals surface area contributed by atoms with Crippen LogP contribution in [0.5, 0.6) is 0 Å². The van der Waals surface area contributed by atoms with Gasteiger partial charge in [0.25, 0.3) is 5.91 Å². The molecule has 1 aliphatic rings. The molecule has 138 valence electrons. The van der Waals surface area contributed by atoms with Crippen LogP contribution < -0.4 is 10.6 Å². The molecular weight excluding hydrogens is 312 g/mol. The highest BCUT2D eigenvalue weighted by molar-refractivity contribution is 5.95. The van der Waals surface area contributed by atoms with Gasteiger partial charge in [-0.3, -0.25) is 9.59 Å². The Morgan fingerprint density at radius 3 is 2.33 bits per heavy atom. The minimum atomic E-state index is -0.862.